The number of nitrogens with zero attached hydrogens (tertiary/aromatic N) is 1. The molecule has 0 bridgehead atoms. The van der Waals surface area contributed by atoms with Crippen molar-refractivity contribution in [1.29, 1.82) is 0 Å². The van der Waals surface area contributed by atoms with E-state index in [0.717, 1.165) is 12.0 Å². The molecule has 2 atom stereocenters. The predicted molar refractivity (Wildman–Crippen MR) is 60.6 cm³/mol. The molecule has 0 spiro atoms. The van der Waals surface area contributed by atoms with Crippen molar-refractivity contribution in [3.8, 4) is 0 Å². The molecule has 0 unspecified atom stereocenters. The monoisotopic (exact) mass is 226 g/mol. The lowest BCUT2D eigenvalue weighted by Gasteiger charge is -2.18. The van der Waals surface area contributed by atoms with Crippen molar-refractivity contribution in [1.82, 2.24) is 0 Å². The average Bonchev–Trinajstić information content (AvgIpc) is 3.00. The van der Waals surface area contributed by atoms with Gasteiger partial charge in [-0.15, -0.1) is 0 Å². The molecule has 0 aromatic heterocycles. The minimum absolute atomic E-state index is 0.289. The van der Waals surface area contributed by atoms with Gasteiger partial charge in [0.15, 0.2) is 11.6 Å². The number of benzene rings is 1. The van der Waals surface area contributed by atoms with Crippen LogP contribution < -0.4 is 10.6 Å². The van der Waals surface area contributed by atoms with Gasteiger partial charge >= 0.3 is 0 Å². The molecule has 1 saturated carbocycles. The Morgan fingerprint density at radius 3 is 2.56 bits per heavy atom. The minimum atomic E-state index is -0.794. The van der Waals surface area contributed by atoms with Gasteiger partial charge in [0.25, 0.3) is 0 Å². The van der Waals surface area contributed by atoms with E-state index in [1.807, 2.05) is 0 Å². The molecule has 1 aliphatic rings. The molecule has 88 valence electrons. The van der Waals surface area contributed by atoms with Crippen molar-refractivity contribution in [3.05, 3.63) is 29.3 Å². The summed E-state index contributed by atoms with van der Waals surface area (Å²) in [5, 5.41) is 0. The maximum absolute atomic E-state index is 13.7. The van der Waals surface area contributed by atoms with Gasteiger partial charge in [-0.25, -0.2) is 8.78 Å². The molecule has 1 aromatic rings. The van der Waals surface area contributed by atoms with Gasteiger partial charge in [0, 0.05) is 14.1 Å². The molecule has 0 aliphatic heterocycles. The van der Waals surface area contributed by atoms with Gasteiger partial charge < -0.3 is 10.6 Å². The summed E-state index contributed by atoms with van der Waals surface area (Å²) >= 11 is 0. The maximum atomic E-state index is 13.7. The molecule has 2 nitrogen and oxygen atoms in total. The summed E-state index contributed by atoms with van der Waals surface area (Å²) in [4.78, 5) is 1.62. The van der Waals surface area contributed by atoms with E-state index < -0.39 is 11.6 Å². The van der Waals surface area contributed by atoms with E-state index in [-0.39, 0.29) is 5.92 Å². The Morgan fingerprint density at radius 2 is 2.06 bits per heavy atom. The minimum Gasteiger partial charge on any atom is -0.375 e. The summed E-state index contributed by atoms with van der Waals surface area (Å²) in [7, 11) is 3.45. The van der Waals surface area contributed by atoms with E-state index in [4.69, 9.17) is 5.73 Å². The van der Waals surface area contributed by atoms with Gasteiger partial charge in [-0.1, -0.05) is 6.07 Å². The largest absolute Gasteiger partial charge is 0.375 e. The summed E-state index contributed by atoms with van der Waals surface area (Å²) in [6.07, 6.45) is 0.975. The SMILES string of the molecule is CN(C)c1c([C@@H]2C[C@H]2CN)ccc(F)c1F. The third-order valence-corrected chi connectivity index (χ3v) is 3.17. The molecular formula is C12H16F2N2. The first-order chi connectivity index (χ1) is 7.56. The van der Waals surface area contributed by atoms with Gasteiger partial charge in [-0.3, -0.25) is 0 Å². The van der Waals surface area contributed by atoms with Crippen LogP contribution in [0, 0.1) is 17.6 Å². The van der Waals surface area contributed by atoms with Crippen molar-refractivity contribution in [2.24, 2.45) is 11.7 Å². The van der Waals surface area contributed by atoms with E-state index in [2.05, 4.69) is 0 Å². The Labute approximate surface area is 94.0 Å². The fourth-order valence-corrected chi connectivity index (χ4v) is 2.20. The molecule has 0 saturated heterocycles. The Bertz CT molecular complexity index is 404. The number of rotatable bonds is 3. The molecule has 2 rings (SSSR count). The first-order valence-electron chi connectivity index (χ1n) is 5.41. The summed E-state index contributed by atoms with van der Waals surface area (Å²) in [6, 6.07) is 2.87. The third kappa shape index (κ3) is 1.78. The molecule has 1 fully saturated rings. The highest BCUT2D eigenvalue weighted by atomic mass is 19.2. The quantitative estimate of drug-likeness (QED) is 0.855. The summed E-state index contributed by atoms with van der Waals surface area (Å²) in [6.45, 7) is 0.608. The number of hydrogen-bond acceptors (Lipinski definition) is 2. The lowest BCUT2D eigenvalue weighted by Crippen LogP contribution is -2.14. The van der Waals surface area contributed by atoms with Gasteiger partial charge in [0.05, 0.1) is 5.69 Å². The molecule has 0 heterocycles. The Morgan fingerprint density at radius 1 is 1.38 bits per heavy atom. The average molecular weight is 226 g/mol. The van der Waals surface area contributed by atoms with Crippen LogP contribution in [0.15, 0.2) is 12.1 Å². The highest BCUT2D eigenvalue weighted by Crippen LogP contribution is 2.50. The summed E-state index contributed by atoms with van der Waals surface area (Å²) < 4.78 is 26.8. The second-order valence-corrected chi connectivity index (χ2v) is 4.53. The zero-order valence-electron chi connectivity index (χ0n) is 9.50. The van der Waals surface area contributed by atoms with E-state index in [1.54, 1.807) is 25.1 Å². The molecule has 16 heavy (non-hydrogen) atoms. The second-order valence-electron chi connectivity index (χ2n) is 4.53. The Kier molecular flexibility index (Phi) is 2.84. The normalized spacial score (nSPS) is 23.3. The number of nitrogens with two attached hydrogens (primary N) is 1. The van der Waals surface area contributed by atoms with E-state index in [9.17, 15) is 8.78 Å². The first kappa shape index (κ1) is 11.3. The predicted octanol–water partition coefficient (Wildman–Crippen LogP) is 2.09. The number of hydrogen-bond donors (Lipinski definition) is 1. The highest BCUT2D eigenvalue weighted by molar-refractivity contribution is 5.57. The molecule has 1 aliphatic carbocycles. The van der Waals surface area contributed by atoms with E-state index in [1.165, 1.54) is 6.07 Å². The standard InChI is InChI=1S/C12H16F2N2/c1-16(2)12-8(9-5-7(9)6-15)3-4-10(13)11(12)14/h3-4,7,9H,5-6,15H2,1-2H3/t7-,9+/m0/s1. The molecular weight excluding hydrogens is 210 g/mol. The molecule has 2 N–H and O–H groups in total. The van der Waals surface area contributed by atoms with Gasteiger partial charge in [0.1, 0.15) is 0 Å². The second kappa shape index (κ2) is 4.01. The number of anilines is 1. The fourth-order valence-electron chi connectivity index (χ4n) is 2.20. The van der Waals surface area contributed by atoms with Crippen molar-refractivity contribution < 1.29 is 8.78 Å². The van der Waals surface area contributed by atoms with Crippen molar-refractivity contribution in [3.63, 3.8) is 0 Å². The van der Waals surface area contributed by atoms with Crippen LogP contribution in [0.25, 0.3) is 0 Å². The highest BCUT2D eigenvalue weighted by Gasteiger charge is 2.39. The number of halogens is 2. The third-order valence-electron chi connectivity index (χ3n) is 3.17. The van der Waals surface area contributed by atoms with Crippen LogP contribution in [0.4, 0.5) is 14.5 Å². The van der Waals surface area contributed by atoms with Crippen LogP contribution in [0.5, 0.6) is 0 Å². The van der Waals surface area contributed by atoms with Crippen LogP contribution >= 0.6 is 0 Å². The first-order valence-corrected chi connectivity index (χ1v) is 5.41. The molecule has 4 heteroatoms. The lowest BCUT2D eigenvalue weighted by molar-refractivity contribution is 0.507. The van der Waals surface area contributed by atoms with Crippen molar-refractivity contribution in [2.75, 3.05) is 25.5 Å². The van der Waals surface area contributed by atoms with E-state index >= 15 is 0 Å². The Balaban J connectivity index is 2.42. The zero-order valence-corrected chi connectivity index (χ0v) is 9.50. The smallest absolute Gasteiger partial charge is 0.182 e. The van der Waals surface area contributed by atoms with Crippen LogP contribution in [-0.4, -0.2) is 20.6 Å². The van der Waals surface area contributed by atoms with Crippen LogP contribution in [0.2, 0.25) is 0 Å². The van der Waals surface area contributed by atoms with Crippen LogP contribution in [0.3, 0.4) is 0 Å². The van der Waals surface area contributed by atoms with Gasteiger partial charge in [-0.2, -0.15) is 0 Å². The van der Waals surface area contributed by atoms with E-state index in [0.29, 0.717) is 18.2 Å². The molecule has 0 radical (unpaired) electrons. The van der Waals surface area contributed by atoms with Crippen LogP contribution in [0.1, 0.15) is 17.9 Å². The Hall–Kier alpha value is -1.16. The van der Waals surface area contributed by atoms with Crippen molar-refractivity contribution in [2.45, 2.75) is 12.3 Å². The maximum Gasteiger partial charge on any atom is 0.182 e. The van der Waals surface area contributed by atoms with Gasteiger partial charge in [-0.05, 0) is 36.4 Å². The zero-order chi connectivity index (χ0) is 11.9. The topological polar surface area (TPSA) is 29.3 Å². The van der Waals surface area contributed by atoms with Gasteiger partial charge in [0.2, 0.25) is 0 Å². The molecule has 1 aromatic carbocycles. The summed E-state index contributed by atoms with van der Waals surface area (Å²) in [5.41, 5.74) is 6.81. The lowest BCUT2D eigenvalue weighted by atomic mass is 10.1. The molecule has 0 amide bonds. The summed E-state index contributed by atoms with van der Waals surface area (Å²) in [5.74, 6) is -0.844. The fraction of sp³-hybridized carbons (Fsp3) is 0.500. The van der Waals surface area contributed by atoms with Crippen molar-refractivity contribution >= 4 is 5.69 Å². The van der Waals surface area contributed by atoms with Crippen LogP contribution in [-0.2, 0) is 0 Å².